The van der Waals surface area contributed by atoms with Gasteiger partial charge in [0, 0.05) is 31.0 Å². The van der Waals surface area contributed by atoms with Gasteiger partial charge in [-0.25, -0.2) is 4.79 Å². The summed E-state index contributed by atoms with van der Waals surface area (Å²) >= 11 is 0. The van der Waals surface area contributed by atoms with Crippen LogP contribution in [0.4, 0.5) is 16.2 Å². The second-order valence-corrected chi connectivity index (χ2v) is 8.03. The van der Waals surface area contributed by atoms with Crippen LogP contribution in [0.25, 0.3) is 0 Å². The maximum Gasteiger partial charge on any atom is 0.322 e. The Balaban J connectivity index is 1.67. The van der Waals surface area contributed by atoms with Crippen molar-refractivity contribution in [3.05, 3.63) is 89.7 Å². The van der Waals surface area contributed by atoms with E-state index in [1.54, 1.807) is 12.4 Å². The van der Waals surface area contributed by atoms with Crippen LogP contribution in [0.1, 0.15) is 36.6 Å². The van der Waals surface area contributed by atoms with Crippen LogP contribution in [0.2, 0.25) is 0 Å². The smallest absolute Gasteiger partial charge is 0.322 e. The van der Waals surface area contributed by atoms with Crippen LogP contribution < -0.4 is 10.2 Å². The van der Waals surface area contributed by atoms with Gasteiger partial charge in [0.2, 0.25) is 0 Å². The number of hydrogen-bond acceptors (Lipinski definition) is 3. The zero-order valence-corrected chi connectivity index (χ0v) is 17.7. The first-order chi connectivity index (χ1) is 14.5. The van der Waals surface area contributed by atoms with E-state index in [1.807, 2.05) is 23.1 Å². The Morgan fingerprint density at radius 2 is 1.90 bits per heavy atom. The summed E-state index contributed by atoms with van der Waals surface area (Å²) in [5.74, 6) is 0. The quantitative estimate of drug-likeness (QED) is 0.641. The molecule has 154 valence electrons. The zero-order valence-electron chi connectivity index (χ0n) is 17.7. The third kappa shape index (κ3) is 4.15. The van der Waals surface area contributed by atoms with Crippen LogP contribution in [0.3, 0.4) is 0 Å². The van der Waals surface area contributed by atoms with Gasteiger partial charge in [0.25, 0.3) is 0 Å². The molecule has 0 saturated carbocycles. The van der Waals surface area contributed by atoms with E-state index in [2.05, 4.69) is 78.4 Å². The Morgan fingerprint density at radius 1 is 1.10 bits per heavy atom. The summed E-state index contributed by atoms with van der Waals surface area (Å²) in [5, 5.41) is 3.01. The molecule has 0 unspecified atom stereocenters. The standard InChI is InChI=1S/C25H28N4O/c1-18-11-12-23-20(3)29(25(30)27-22-10-7-13-26-15-22)19(2)16-28(24(23)14-18)17-21-8-5-4-6-9-21/h4-15,19-20H,16-17H2,1-3H3,(H,27,30)/t19-,20+/m1/s1. The number of aryl methyl sites for hydroxylation is 1. The predicted octanol–water partition coefficient (Wildman–Crippen LogP) is 5.39. The molecule has 0 fully saturated rings. The molecule has 1 aromatic heterocycles. The molecule has 4 rings (SSSR count). The number of urea groups is 1. The third-order valence-corrected chi connectivity index (χ3v) is 5.72. The van der Waals surface area contributed by atoms with E-state index in [0.29, 0.717) is 5.69 Å². The van der Waals surface area contributed by atoms with Crippen LogP contribution in [0.5, 0.6) is 0 Å². The second kappa shape index (κ2) is 8.57. The summed E-state index contributed by atoms with van der Waals surface area (Å²) in [5.41, 5.74) is 5.56. The van der Waals surface area contributed by atoms with Gasteiger partial charge in [-0.2, -0.15) is 0 Å². The summed E-state index contributed by atoms with van der Waals surface area (Å²) in [6.07, 6.45) is 3.37. The molecule has 0 spiro atoms. The van der Waals surface area contributed by atoms with Gasteiger partial charge in [0.1, 0.15) is 0 Å². The molecule has 1 N–H and O–H groups in total. The summed E-state index contributed by atoms with van der Waals surface area (Å²) in [4.78, 5) is 21.7. The fraction of sp³-hybridized carbons (Fsp3) is 0.280. The molecule has 30 heavy (non-hydrogen) atoms. The summed E-state index contributed by atoms with van der Waals surface area (Å²) in [7, 11) is 0. The SMILES string of the molecule is Cc1ccc2c(c1)N(Cc1ccccc1)C[C@@H](C)N(C(=O)Nc1cccnc1)[C@H]2C. The normalized spacial score (nSPS) is 18.5. The van der Waals surface area contributed by atoms with Gasteiger partial charge in [-0.1, -0.05) is 42.5 Å². The molecule has 0 saturated heterocycles. The molecule has 2 heterocycles. The van der Waals surface area contributed by atoms with E-state index in [9.17, 15) is 4.79 Å². The largest absolute Gasteiger partial charge is 0.365 e. The molecular formula is C25H28N4O. The lowest BCUT2D eigenvalue weighted by Gasteiger charge is -2.33. The number of anilines is 2. The Morgan fingerprint density at radius 3 is 2.63 bits per heavy atom. The number of fused-ring (bicyclic) bond motifs is 1. The van der Waals surface area contributed by atoms with Gasteiger partial charge in [-0.05, 0) is 55.7 Å². The first kappa shape index (κ1) is 20.0. The monoisotopic (exact) mass is 400 g/mol. The lowest BCUT2D eigenvalue weighted by atomic mass is 10.0. The summed E-state index contributed by atoms with van der Waals surface area (Å²) < 4.78 is 0. The van der Waals surface area contributed by atoms with Crippen molar-refractivity contribution >= 4 is 17.4 Å². The maximum absolute atomic E-state index is 13.3. The molecule has 1 aliphatic rings. The number of pyridine rings is 1. The van der Waals surface area contributed by atoms with Crippen LogP contribution >= 0.6 is 0 Å². The first-order valence-electron chi connectivity index (χ1n) is 10.4. The topological polar surface area (TPSA) is 48.5 Å². The Bertz CT molecular complexity index is 1010. The fourth-order valence-electron chi connectivity index (χ4n) is 4.27. The van der Waals surface area contributed by atoms with Crippen molar-refractivity contribution in [1.29, 1.82) is 0 Å². The highest BCUT2D eigenvalue weighted by molar-refractivity contribution is 5.90. The molecule has 0 aliphatic carbocycles. The molecule has 0 bridgehead atoms. The van der Waals surface area contributed by atoms with E-state index in [-0.39, 0.29) is 18.1 Å². The van der Waals surface area contributed by atoms with Gasteiger partial charge in [0.05, 0.1) is 17.9 Å². The zero-order chi connectivity index (χ0) is 21.1. The first-order valence-corrected chi connectivity index (χ1v) is 10.4. The fourth-order valence-corrected chi connectivity index (χ4v) is 4.27. The molecule has 1 aliphatic heterocycles. The van der Waals surface area contributed by atoms with E-state index in [1.165, 1.54) is 22.4 Å². The average molecular weight is 401 g/mol. The average Bonchev–Trinajstić information content (AvgIpc) is 2.83. The van der Waals surface area contributed by atoms with Gasteiger partial charge in [-0.3, -0.25) is 4.98 Å². The maximum atomic E-state index is 13.3. The highest BCUT2D eigenvalue weighted by Crippen LogP contribution is 2.37. The van der Waals surface area contributed by atoms with Crippen LogP contribution in [-0.4, -0.2) is 28.5 Å². The predicted molar refractivity (Wildman–Crippen MR) is 122 cm³/mol. The number of carbonyl (C=O) groups is 1. The summed E-state index contributed by atoms with van der Waals surface area (Å²) in [6, 6.07) is 20.6. The lowest BCUT2D eigenvalue weighted by Crippen LogP contribution is -2.46. The van der Waals surface area contributed by atoms with Crippen molar-refractivity contribution < 1.29 is 4.79 Å². The van der Waals surface area contributed by atoms with Crippen LogP contribution in [0, 0.1) is 6.92 Å². The number of rotatable bonds is 3. The molecule has 2 amide bonds. The summed E-state index contributed by atoms with van der Waals surface area (Å²) in [6.45, 7) is 7.92. The van der Waals surface area contributed by atoms with Crippen molar-refractivity contribution in [1.82, 2.24) is 9.88 Å². The molecule has 3 aromatic rings. The number of hydrogen-bond donors (Lipinski definition) is 1. The highest BCUT2D eigenvalue weighted by Gasteiger charge is 2.33. The Labute approximate surface area is 178 Å². The molecule has 2 aromatic carbocycles. The van der Waals surface area contributed by atoms with Crippen molar-refractivity contribution in [2.75, 3.05) is 16.8 Å². The molecule has 5 heteroatoms. The van der Waals surface area contributed by atoms with Crippen LogP contribution in [-0.2, 0) is 6.54 Å². The number of carbonyl (C=O) groups excluding carboxylic acids is 1. The molecular weight excluding hydrogens is 372 g/mol. The van der Waals surface area contributed by atoms with Crippen molar-refractivity contribution in [3.63, 3.8) is 0 Å². The van der Waals surface area contributed by atoms with Crippen molar-refractivity contribution in [2.45, 2.75) is 39.4 Å². The molecule has 0 radical (unpaired) electrons. The Kier molecular flexibility index (Phi) is 5.70. The van der Waals surface area contributed by atoms with E-state index >= 15 is 0 Å². The number of nitrogens with zero attached hydrogens (tertiary/aromatic N) is 3. The number of nitrogens with one attached hydrogen (secondary N) is 1. The van der Waals surface area contributed by atoms with Crippen molar-refractivity contribution in [2.24, 2.45) is 0 Å². The molecule has 5 nitrogen and oxygen atoms in total. The minimum atomic E-state index is -0.101. The van der Waals surface area contributed by atoms with E-state index < -0.39 is 0 Å². The second-order valence-electron chi connectivity index (χ2n) is 8.03. The van der Waals surface area contributed by atoms with Gasteiger partial charge < -0.3 is 15.1 Å². The molecule has 2 atom stereocenters. The minimum Gasteiger partial charge on any atom is -0.365 e. The van der Waals surface area contributed by atoms with Gasteiger partial charge in [0.15, 0.2) is 0 Å². The number of benzene rings is 2. The van der Waals surface area contributed by atoms with Gasteiger partial charge in [-0.15, -0.1) is 0 Å². The number of aromatic nitrogens is 1. The van der Waals surface area contributed by atoms with E-state index in [0.717, 1.165) is 13.1 Å². The minimum absolute atomic E-state index is 0.0353. The van der Waals surface area contributed by atoms with Crippen molar-refractivity contribution in [3.8, 4) is 0 Å². The number of amides is 2. The van der Waals surface area contributed by atoms with Crippen LogP contribution in [0.15, 0.2) is 73.1 Å². The third-order valence-electron chi connectivity index (χ3n) is 5.72. The van der Waals surface area contributed by atoms with E-state index in [4.69, 9.17) is 0 Å². The Hall–Kier alpha value is -3.34. The van der Waals surface area contributed by atoms with Gasteiger partial charge >= 0.3 is 6.03 Å². The highest BCUT2D eigenvalue weighted by atomic mass is 16.2. The lowest BCUT2D eigenvalue weighted by molar-refractivity contribution is 0.172.